The van der Waals surface area contributed by atoms with Gasteiger partial charge < -0.3 is 5.11 Å². The number of aliphatic hydroxyl groups is 1. The molecule has 0 saturated heterocycles. The number of hydrogen-bond acceptors (Lipinski definition) is 1. The van der Waals surface area contributed by atoms with E-state index in [4.69, 9.17) is 0 Å². The van der Waals surface area contributed by atoms with Crippen molar-refractivity contribution < 1.29 is 5.11 Å². The summed E-state index contributed by atoms with van der Waals surface area (Å²) in [6.07, 6.45) is 2.77. The Morgan fingerprint density at radius 3 is 2.21 bits per heavy atom. The van der Waals surface area contributed by atoms with Gasteiger partial charge in [0.25, 0.3) is 0 Å². The molecule has 0 amide bonds. The third-order valence-electron chi connectivity index (χ3n) is 3.01. The van der Waals surface area contributed by atoms with Crippen molar-refractivity contribution in [1.29, 1.82) is 0 Å². The molecular weight excluding hydrogens is 172 g/mol. The zero-order valence-electron chi connectivity index (χ0n) is 8.96. The average molecular weight is 190 g/mol. The summed E-state index contributed by atoms with van der Waals surface area (Å²) < 4.78 is 0. The van der Waals surface area contributed by atoms with Crippen molar-refractivity contribution in [2.24, 2.45) is 0 Å². The van der Waals surface area contributed by atoms with Crippen molar-refractivity contribution in [2.45, 2.75) is 44.6 Å². The maximum absolute atomic E-state index is 9.76. The van der Waals surface area contributed by atoms with Crippen LogP contribution in [0.15, 0.2) is 24.3 Å². The molecule has 0 radical (unpaired) electrons. The van der Waals surface area contributed by atoms with Crippen LogP contribution in [0.1, 0.15) is 43.7 Å². The molecule has 14 heavy (non-hydrogen) atoms. The van der Waals surface area contributed by atoms with Crippen molar-refractivity contribution in [1.82, 2.24) is 0 Å². The molecule has 1 fully saturated rings. The Bertz CT molecular complexity index is 307. The van der Waals surface area contributed by atoms with Crippen LogP contribution < -0.4 is 0 Å². The first-order chi connectivity index (χ1) is 6.59. The lowest BCUT2D eigenvalue weighted by Gasteiger charge is -2.09. The van der Waals surface area contributed by atoms with Crippen molar-refractivity contribution in [3.05, 3.63) is 35.4 Å². The van der Waals surface area contributed by atoms with E-state index in [-0.39, 0.29) is 5.60 Å². The summed E-state index contributed by atoms with van der Waals surface area (Å²) in [5.74, 6) is 0.591. The van der Waals surface area contributed by atoms with Crippen LogP contribution in [0.5, 0.6) is 0 Å². The molecule has 1 saturated carbocycles. The minimum absolute atomic E-state index is 0.362. The van der Waals surface area contributed by atoms with Gasteiger partial charge in [0.05, 0.1) is 5.60 Å². The Hall–Kier alpha value is -0.820. The van der Waals surface area contributed by atoms with Crippen LogP contribution in [-0.4, -0.2) is 10.7 Å². The van der Waals surface area contributed by atoms with E-state index in [0.717, 1.165) is 19.3 Å². The maximum Gasteiger partial charge on any atom is 0.0690 e. The highest BCUT2D eigenvalue weighted by Crippen LogP contribution is 2.38. The van der Waals surface area contributed by atoms with Crippen molar-refractivity contribution in [2.75, 3.05) is 0 Å². The topological polar surface area (TPSA) is 20.2 Å². The van der Waals surface area contributed by atoms with Crippen molar-refractivity contribution >= 4 is 0 Å². The first kappa shape index (κ1) is 9.72. The van der Waals surface area contributed by atoms with Gasteiger partial charge in [-0.1, -0.05) is 38.1 Å². The van der Waals surface area contributed by atoms with Gasteiger partial charge in [0.2, 0.25) is 0 Å². The standard InChI is InChI=1S/C13H18O/c1-10(2)12-5-3-11(4-6-12)9-13(14)7-8-13/h3-6,10,14H,7-9H2,1-2H3. The highest BCUT2D eigenvalue weighted by molar-refractivity contribution is 5.26. The van der Waals surface area contributed by atoms with E-state index >= 15 is 0 Å². The molecular formula is C13H18O. The molecule has 1 aliphatic carbocycles. The first-order valence-corrected chi connectivity index (χ1v) is 5.40. The van der Waals surface area contributed by atoms with Gasteiger partial charge in [-0.2, -0.15) is 0 Å². The molecule has 0 aliphatic heterocycles. The quantitative estimate of drug-likeness (QED) is 0.777. The van der Waals surface area contributed by atoms with Gasteiger partial charge >= 0.3 is 0 Å². The van der Waals surface area contributed by atoms with Crippen LogP contribution in [-0.2, 0) is 6.42 Å². The van der Waals surface area contributed by atoms with Crippen LogP contribution in [0.4, 0.5) is 0 Å². The summed E-state index contributed by atoms with van der Waals surface area (Å²) in [7, 11) is 0. The van der Waals surface area contributed by atoms with Gasteiger partial charge in [-0.15, -0.1) is 0 Å². The van der Waals surface area contributed by atoms with Gasteiger partial charge in [-0.3, -0.25) is 0 Å². The lowest BCUT2D eigenvalue weighted by Crippen LogP contribution is -2.10. The zero-order chi connectivity index (χ0) is 10.2. The van der Waals surface area contributed by atoms with Gasteiger partial charge in [0.1, 0.15) is 0 Å². The highest BCUT2D eigenvalue weighted by atomic mass is 16.3. The molecule has 1 aromatic carbocycles. The molecule has 0 unspecified atom stereocenters. The molecule has 0 heterocycles. The van der Waals surface area contributed by atoms with Gasteiger partial charge in [-0.05, 0) is 29.9 Å². The fraction of sp³-hybridized carbons (Fsp3) is 0.538. The average Bonchev–Trinajstić information content (AvgIpc) is 2.84. The molecule has 1 aliphatic rings. The molecule has 1 nitrogen and oxygen atoms in total. The second-order valence-electron chi connectivity index (χ2n) is 4.80. The Morgan fingerprint density at radius 2 is 1.79 bits per heavy atom. The van der Waals surface area contributed by atoms with Crippen LogP contribution in [0.3, 0.4) is 0 Å². The molecule has 76 valence electrons. The van der Waals surface area contributed by atoms with Crippen LogP contribution in [0, 0.1) is 0 Å². The van der Waals surface area contributed by atoms with Crippen LogP contribution >= 0.6 is 0 Å². The molecule has 0 spiro atoms. The van der Waals surface area contributed by atoms with E-state index in [9.17, 15) is 5.11 Å². The third-order valence-corrected chi connectivity index (χ3v) is 3.01. The fourth-order valence-corrected chi connectivity index (χ4v) is 1.72. The Balaban J connectivity index is 2.06. The monoisotopic (exact) mass is 190 g/mol. The Kier molecular flexibility index (Phi) is 2.36. The summed E-state index contributed by atoms with van der Waals surface area (Å²) in [4.78, 5) is 0. The molecule has 0 aromatic heterocycles. The second kappa shape index (κ2) is 3.39. The maximum atomic E-state index is 9.76. The summed E-state index contributed by atoms with van der Waals surface area (Å²) in [6, 6.07) is 8.63. The SMILES string of the molecule is CC(C)c1ccc(CC2(O)CC2)cc1. The largest absolute Gasteiger partial charge is 0.390 e. The predicted molar refractivity (Wildman–Crippen MR) is 58.4 cm³/mol. The van der Waals surface area contributed by atoms with Crippen LogP contribution in [0.2, 0.25) is 0 Å². The van der Waals surface area contributed by atoms with Crippen molar-refractivity contribution in [3.63, 3.8) is 0 Å². The van der Waals surface area contributed by atoms with E-state index in [1.54, 1.807) is 0 Å². The minimum Gasteiger partial charge on any atom is -0.390 e. The van der Waals surface area contributed by atoms with E-state index in [1.165, 1.54) is 11.1 Å². The van der Waals surface area contributed by atoms with Crippen LogP contribution in [0.25, 0.3) is 0 Å². The Morgan fingerprint density at radius 1 is 1.21 bits per heavy atom. The minimum atomic E-state index is -0.362. The summed E-state index contributed by atoms with van der Waals surface area (Å²) >= 11 is 0. The predicted octanol–water partition coefficient (Wildman–Crippen LogP) is 2.88. The van der Waals surface area contributed by atoms with E-state index in [0.29, 0.717) is 5.92 Å². The molecule has 1 aromatic rings. The lowest BCUT2D eigenvalue weighted by molar-refractivity contribution is 0.151. The van der Waals surface area contributed by atoms with E-state index in [1.807, 2.05) is 0 Å². The molecule has 1 N–H and O–H groups in total. The van der Waals surface area contributed by atoms with Gasteiger partial charge in [0.15, 0.2) is 0 Å². The molecule has 0 atom stereocenters. The third kappa shape index (κ3) is 2.16. The highest BCUT2D eigenvalue weighted by Gasteiger charge is 2.39. The summed E-state index contributed by atoms with van der Waals surface area (Å²) in [5.41, 5.74) is 2.27. The van der Waals surface area contributed by atoms with Crippen molar-refractivity contribution in [3.8, 4) is 0 Å². The molecule has 2 rings (SSSR count). The smallest absolute Gasteiger partial charge is 0.0690 e. The number of rotatable bonds is 3. The second-order valence-corrected chi connectivity index (χ2v) is 4.80. The molecule has 1 heteroatoms. The summed E-state index contributed by atoms with van der Waals surface area (Å²) in [5, 5.41) is 9.76. The summed E-state index contributed by atoms with van der Waals surface area (Å²) in [6.45, 7) is 4.40. The van der Waals surface area contributed by atoms with Gasteiger partial charge in [0, 0.05) is 6.42 Å². The molecule has 0 bridgehead atoms. The Labute approximate surface area is 85.8 Å². The lowest BCUT2D eigenvalue weighted by atomic mass is 9.99. The fourth-order valence-electron chi connectivity index (χ4n) is 1.72. The number of hydrogen-bond donors (Lipinski definition) is 1. The normalized spacial score (nSPS) is 18.6. The number of benzene rings is 1. The van der Waals surface area contributed by atoms with Gasteiger partial charge in [-0.25, -0.2) is 0 Å². The zero-order valence-corrected chi connectivity index (χ0v) is 8.96. The van der Waals surface area contributed by atoms with E-state index in [2.05, 4.69) is 38.1 Å². The van der Waals surface area contributed by atoms with E-state index < -0.39 is 0 Å². The first-order valence-electron chi connectivity index (χ1n) is 5.40.